The summed E-state index contributed by atoms with van der Waals surface area (Å²) >= 11 is 9.70. The predicted molar refractivity (Wildman–Crippen MR) is 116 cm³/mol. The van der Waals surface area contributed by atoms with Crippen molar-refractivity contribution in [3.8, 4) is 5.69 Å². The molecule has 2 aromatic carbocycles. The third-order valence-electron chi connectivity index (χ3n) is 3.96. The van der Waals surface area contributed by atoms with Crippen LogP contribution in [-0.4, -0.2) is 34.4 Å². The van der Waals surface area contributed by atoms with Crippen molar-refractivity contribution in [2.24, 2.45) is 5.10 Å². The van der Waals surface area contributed by atoms with Gasteiger partial charge in [-0.1, -0.05) is 41.9 Å². The largest absolute Gasteiger partial charge is 0.343 e. The van der Waals surface area contributed by atoms with Crippen LogP contribution in [0.3, 0.4) is 0 Å². The lowest BCUT2D eigenvalue weighted by molar-refractivity contribution is -0.120. The third kappa shape index (κ3) is 5.10. The number of hydrogen-bond acceptors (Lipinski definition) is 4. The van der Waals surface area contributed by atoms with Gasteiger partial charge in [-0.25, -0.2) is 10.1 Å². The molecule has 0 saturated carbocycles. The first kappa shape index (κ1) is 20.8. The van der Waals surface area contributed by atoms with Crippen LogP contribution < -0.4 is 10.7 Å². The van der Waals surface area contributed by atoms with Gasteiger partial charge in [-0.2, -0.15) is 10.2 Å². The third-order valence-corrected chi connectivity index (χ3v) is 5.01. The Morgan fingerprint density at radius 1 is 1.17 bits per heavy atom. The van der Waals surface area contributed by atoms with Crippen LogP contribution >= 0.6 is 27.5 Å². The second-order valence-electron chi connectivity index (χ2n) is 5.99. The van der Waals surface area contributed by atoms with Crippen molar-refractivity contribution < 1.29 is 9.59 Å². The summed E-state index contributed by atoms with van der Waals surface area (Å²) in [6, 6.07) is 16.4. The molecule has 7 nitrogen and oxygen atoms in total. The Hall–Kier alpha value is -2.97. The highest BCUT2D eigenvalue weighted by Crippen LogP contribution is 2.21. The lowest BCUT2D eigenvalue weighted by Gasteiger charge is -2.05. The Kier molecular flexibility index (Phi) is 6.79. The molecule has 1 aromatic heterocycles. The maximum Gasteiger partial charge on any atom is 0.259 e. The Bertz CT molecular complexity index is 1070. The molecule has 2 amide bonds. The average molecular weight is 475 g/mol. The van der Waals surface area contributed by atoms with E-state index < -0.39 is 5.91 Å². The second kappa shape index (κ2) is 9.49. The summed E-state index contributed by atoms with van der Waals surface area (Å²) in [6.07, 6.45) is 1.43. The van der Waals surface area contributed by atoms with Crippen molar-refractivity contribution >= 4 is 45.6 Å². The van der Waals surface area contributed by atoms with Crippen LogP contribution in [0.5, 0.6) is 0 Å². The van der Waals surface area contributed by atoms with Crippen LogP contribution in [0.15, 0.2) is 64.2 Å². The number of hydrazone groups is 1. The van der Waals surface area contributed by atoms with Gasteiger partial charge in [0.15, 0.2) is 0 Å². The van der Waals surface area contributed by atoms with Crippen LogP contribution in [0.2, 0.25) is 5.15 Å². The maximum atomic E-state index is 12.1. The van der Waals surface area contributed by atoms with Crippen LogP contribution in [0.4, 0.5) is 0 Å². The van der Waals surface area contributed by atoms with E-state index in [0.29, 0.717) is 26.4 Å². The molecule has 0 fully saturated rings. The summed E-state index contributed by atoms with van der Waals surface area (Å²) in [4.78, 5) is 24.0. The van der Waals surface area contributed by atoms with E-state index >= 15 is 0 Å². The molecule has 3 aromatic rings. The maximum absolute atomic E-state index is 12.1. The number of nitrogens with one attached hydrogen (secondary N) is 2. The molecule has 0 saturated heterocycles. The number of benzene rings is 2. The predicted octanol–water partition coefficient (Wildman–Crippen LogP) is 3.48. The Morgan fingerprint density at radius 2 is 1.86 bits per heavy atom. The Morgan fingerprint density at radius 3 is 2.59 bits per heavy atom. The van der Waals surface area contributed by atoms with Crippen molar-refractivity contribution in [2.75, 3.05) is 6.54 Å². The number of carbonyl (C=O) groups excluding carboxylic acids is 2. The number of hydrogen-bond donors (Lipinski definition) is 2. The van der Waals surface area contributed by atoms with E-state index in [9.17, 15) is 9.59 Å². The molecule has 29 heavy (non-hydrogen) atoms. The van der Waals surface area contributed by atoms with Gasteiger partial charge in [0.05, 0.1) is 35.3 Å². The van der Waals surface area contributed by atoms with Crippen LogP contribution in [0, 0.1) is 6.92 Å². The number of aromatic nitrogens is 2. The zero-order valence-corrected chi connectivity index (χ0v) is 17.7. The fraction of sp³-hybridized carbons (Fsp3) is 0.100. The number of carbonyl (C=O) groups is 2. The van der Waals surface area contributed by atoms with E-state index in [-0.39, 0.29) is 12.5 Å². The van der Waals surface area contributed by atoms with E-state index in [1.54, 1.807) is 35.9 Å². The molecule has 0 atom stereocenters. The normalized spacial score (nSPS) is 10.9. The van der Waals surface area contributed by atoms with Gasteiger partial charge in [0.25, 0.3) is 11.8 Å². The molecule has 1 heterocycles. The summed E-state index contributed by atoms with van der Waals surface area (Å²) in [6.45, 7) is 1.58. The first-order chi connectivity index (χ1) is 14.0. The van der Waals surface area contributed by atoms with E-state index in [0.717, 1.165) is 5.69 Å². The van der Waals surface area contributed by atoms with Crippen LogP contribution in [0.25, 0.3) is 5.69 Å². The standard InChI is InChI=1S/C20H17BrClN5O2/c1-13-16(19(22)27(26-13)14-7-3-2-4-8-14)11-24-25-18(28)12-23-20(29)15-9-5-6-10-17(15)21/h2-11H,12H2,1H3,(H,23,29)(H,25,28)/b24-11-. The van der Waals surface area contributed by atoms with Crippen LogP contribution in [-0.2, 0) is 4.79 Å². The minimum atomic E-state index is -0.467. The number of aryl methyl sites for hydroxylation is 1. The monoisotopic (exact) mass is 473 g/mol. The lowest BCUT2D eigenvalue weighted by Crippen LogP contribution is -2.35. The molecule has 9 heteroatoms. The van der Waals surface area contributed by atoms with Crippen molar-refractivity contribution in [1.29, 1.82) is 0 Å². The summed E-state index contributed by atoms with van der Waals surface area (Å²) in [5.74, 6) is -0.828. The molecular formula is C20H17BrClN5O2. The van der Waals surface area contributed by atoms with Gasteiger partial charge in [-0.05, 0) is 47.1 Å². The average Bonchev–Trinajstić information content (AvgIpc) is 3.01. The minimum absolute atomic E-state index is 0.215. The zero-order chi connectivity index (χ0) is 20.8. The molecule has 0 aliphatic rings. The lowest BCUT2D eigenvalue weighted by atomic mass is 10.2. The Balaban J connectivity index is 1.59. The van der Waals surface area contributed by atoms with Gasteiger partial charge in [0.2, 0.25) is 0 Å². The molecule has 0 spiro atoms. The van der Waals surface area contributed by atoms with Gasteiger partial charge in [-0.15, -0.1) is 0 Å². The highest BCUT2D eigenvalue weighted by atomic mass is 79.9. The first-order valence-electron chi connectivity index (χ1n) is 8.62. The Labute approximate surface area is 180 Å². The fourth-order valence-electron chi connectivity index (χ4n) is 2.51. The van der Waals surface area contributed by atoms with Crippen LogP contribution in [0.1, 0.15) is 21.6 Å². The smallest absolute Gasteiger partial charge is 0.259 e. The summed E-state index contributed by atoms with van der Waals surface area (Å²) in [7, 11) is 0. The minimum Gasteiger partial charge on any atom is -0.343 e. The van der Waals surface area contributed by atoms with E-state index in [2.05, 4.69) is 36.9 Å². The molecule has 0 unspecified atom stereocenters. The SMILES string of the molecule is Cc1nn(-c2ccccc2)c(Cl)c1/C=N\NC(=O)CNC(=O)c1ccccc1Br. The van der Waals surface area contributed by atoms with Gasteiger partial charge >= 0.3 is 0 Å². The number of rotatable bonds is 6. The highest BCUT2D eigenvalue weighted by molar-refractivity contribution is 9.10. The second-order valence-corrected chi connectivity index (χ2v) is 7.21. The number of amides is 2. The number of para-hydroxylation sites is 1. The van der Waals surface area contributed by atoms with E-state index in [1.165, 1.54) is 6.21 Å². The number of nitrogens with zero attached hydrogens (tertiary/aromatic N) is 3. The van der Waals surface area contributed by atoms with Gasteiger partial charge < -0.3 is 5.32 Å². The molecule has 3 rings (SSSR count). The fourth-order valence-corrected chi connectivity index (χ4v) is 3.29. The zero-order valence-electron chi connectivity index (χ0n) is 15.4. The number of halogens is 2. The molecule has 0 radical (unpaired) electrons. The van der Waals surface area contributed by atoms with Crippen molar-refractivity contribution in [3.05, 3.63) is 81.0 Å². The van der Waals surface area contributed by atoms with E-state index in [1.807, 2.05) is 30.3 Å². The molecule has 0 aliphatic heterocycles. The first-order valence-corrected chi connectivity index (χ1v) is 9.79. The molecule has 0 bridgehead atoms. The van der Waals surface area contributed by atoms with Crippen molar-refractivity contribution in [2.45, 2.75) is 6.92 Å². The highest BCUT2D eigenvalue weighted by Gasteiger charge is 2.13. The summed E-state index contributed by atoms with van der Waals surface area (Å²) in [5, 5.41) is 11.2. The van der Waals surface area contributed by atoms with Gasteiger partial charge in [0.1, 0.15) is 5.15 Å². The topological polar surface area (TPSA) is 88.4 Å². The van der Waals surface area contributed by atoms with E-state index in [4.69, 9.17) is 11.6 Å². The molecule has 0 aliphatic carbocycles. The molecule has 148 valence electrons. The van der Waals surface area contributed by atoms with Gasteiger partial charge in [0, 0.05) is 4.47 Å². The van der Waals surface area contributed by atoms with Crippen molar-refractivity contribution in [1.82, 2.24) is 20.5 Å². The summed E-state index contributed by atoms with van der Waals surface area (Å²) < 4.78 is 2.24. The molecule has 2 N–H and O–H groups in total. The summed E-state index contributed by atoms with van der Waals surface area (Å²) in [5.41, 5.74) is 4.88. The van der Waals surface area contributed by atoms with Gasteiger partial charge in [-0.3, -0.25) is 9.59 Å². The molecular weight excluding hydrogens is 458 g/mol. The quantitative estimate of drug-likeness (QED) is 0.423. The van der Waals surface area contributed by atoms with Crippen molar-refractivity contribution in [3.63, 3.8) is 0 Å².